The predicted octanol–water partition coefficient (Wildman–Crippen LogP) is 2.05. The number of rotatable bonds is 4. The normalized spacial score (nSPS) is 19.6. The van der Waals surface area contributed by atoms with Crippen molar-refractivity contribution in [2.45, 2.75) is 38.8 Å². The average Bonchev–Trinajstić information content (AvgIpc) is 2.40. The van der Waals surface area contributed by atoms with E-state index in [9.17, 15) is 4.79 Å². The molecule has 1 aliphatic heterocycles. The minimum absolute atomic E-state index is 0. The van der Waals surface area contributed by atoms with Crippen LogP contribution in [0, 0.1) is 6.92 Å². The highest BCUT2D eigenvalue weighted by atomic mass is 35.5. The summed E-state index contributed by atoms with van der Waals surface area (Å²) in [6.45, 7) is 5.68. The van der Waals surface area contributed by atoms with Crippen molar-refractivity contribution < 1.29 is 9.53 Å². The molecule has 20 heavy (non-hydrogen) atoms. The molecule has 112 valence electrons. The molecule has 0 aliphatic carbocycles. The lowest BCUT2D eigenvalue weighted by molar-refractivity contribution is -0.128. The first kappa shape index (κ1) is 16.8. The lowest BCUT2D eigenvalue weighted by atomic mass is 10.1. The number of hydrogen-bond acceptors (Lipinski definition) is 3. The van der Waals surface area contributed by atoms with Gasteiger partial charge < -0.3 is 15.4 Å². The van der Waals surface area contributed by atoms with Crippen molar-refractivity contribution in [3.8, 4) is 5.75 Å². The van der Waals surface area contributed by atoms with E-state index >= 15 is 0 Å². The van der Waals surface area contributed by atoms with Crippen LogP contribution in [0.3, 0.4) is 0 Å². The van der Waals surface area contributed by atoms with Crippen LogP contribution in [-0.4, -0.2) is 31.1 Å². The molecule has 0 saturated carbocycles. The fraction of sp³-hybridized carbons (Fsp3) is 0.533. The molecule has 1 fully saturated rings. The van der Waals surface area contributed by atoms with Crippen molar-refractivity contribution in [3.63, 3.8) is 0 Å². The summed E-state index contributed by atoms with van der Waals surface area (Å²) in [7, 11) is 0. The van der Waals surface area contributed by atoms with E-state index in [0.717, 1.165) is 37.2 Å². The molecule has 0 spiro atoms. The summed E-state index contributed by atoms with van der Waals surface area (Å²) in [6, 6.07) is 7.97. The molecule has 1 saturated heterocycles. The molecule has 0 aromatic heterocycles. The van der Waals surface area contributed by atoms with E-state index in [1.165, 1.54) is 0 Å². The first-order chi connectivity index (χ1) is 9.15. The summed E-state index contributed by atoms with van der Waals surface area (Å²) in [5.74, 6) is 0.694. The SMILES string of the molecule is Cc1cccc(OC(C)C(=O)N[C@H]2CCCNC2)c1.Cl. The van der Waals surface area contributed by atoms with Crippen LogP contribution >= 0.6 is 12.4 Å². The number of aryl methyl sites for hydroxylation is 1. The summed E-state index contributed by atoms with van der Waals surface area (Å²) in [6.07, 6.45) is 1.68. The van der Waals surface area contributed by atoms with E-state index in [1.807, 2.05) is 31.2 Å². The molecule has 0 bridgehead atoms. The van der Waals surface area contributed by atoms with E-state index in [1.54, 1.807) is 6.92 Å². The Bertz CT molecular complexity index is 434. The largest absolute Gasteiger partial charge is 0.481 e. The highest BCUT2D eigenvalue weighted by Gasteiger charge is 2.20. The van der Waals surface area contributed by atoms with Gasteiger partial charge in [0.15, 0.2) is 6.10 Å². The van der Waals surface area contributed by atoms with Crippen LogP contribution in [0.2, 0.25) is 0 Å². The lowest BCUT2D eigenvalue weighted by Gasteiger charge is -2.25. The van der Waals surface area contributed by atoms with E-state index < -0.39 is 6.10 Å². The molecule has 1 aromatic rings. The second-order valence-electron chi connectivity index (χ2n) is 5.13. The van der Waals surface area contributed by atoms with E-state index in [2.05, 4.69) is 10.6 Å². The average molecular weight is 299 g/mol. The first-order valence-corrected chi connectivity index (χ1v) is 6.89. The summed E-state index contributed by atoms with van der Waals surface area (Å²) in [5, 5.41) is 6.31. The number of hydrogen-bond donors (Lipinski definition) is 2. The minimum atomic E-state index is -0.469. The van der Waals surface area contributed by atoms with Crippen molar-refractivity contribution in [1.29, 1.82) is 0 Å². The predicted molar refractivity (Wildman–Crippen MR) is 82.6 cm³/mol. The topological polar surface area (TPSA) is 50.4 Å². The van der Waals surface area contributed by atoms with Crippen LogP contribution in [-0.2, 0) is 4.79 Å². The number of amides is 1. The molecule has 4 nitrogen and oxygen atoms in total. The molecule has 1 amide bonds. The van der Waals surface area contributed by atoms with Crippen molar-refractivity contribution >= 4 is 18.3 Å². The van der Waals surface area contributed by atoms with Crippen LogP contribution < -0.4 is 15.4 Å². The van der Waals surface area contributed by atoms with Gasteiger partial charge in [0.2, 0.25) is 0 Å². The Morgan fingerprint density at radius 2 is 2.30 bits per heavy atom. The van der Waals surface area contributed by atoms with Gasteiger partial charge in [0.25, 0.3) is 5.91 Å². The molecule has 2 N–H and O–H groups in total. The monoisotopic (exact) mass is 298 g/mol. The molecule has 5 heteroatoms. The van der Waals surface area contributed by atoms with Gasteiger partial charge in [0, 0.05) is 12.6 Å². The molecule has 0 radical (unpaired) electrons. The van der Waals surface area contributed by atoms with Gasteiger partial charge in [0.05, 0.1) is 0 Å². The molecular formula is C15H23ClN2O2. The van der Waals surface area contributed by atoms with Crippen molar-refractivity contribution in [2.24, 2.45) is 0 Å². The highest BCUT2D eigenvalue weighted by molar-refractivity contribution is 5.85. The van der Waals surface area contributed by atoms with Gasteiger partial charge in [-0.3, -0.25) is 4.79 Å². The lowest BCUT2D eigenvalue weighted by Crippen LogP contribution is -2.49. The third-order valence-corrected chi connectivity index (χ3v) is 3.31. The quantitative estimate of drug-likeness (QED) is 0.894. The van der Waals surface area contributed by atoms with Crippen LogP contribution in [0.25, 0.3) is 0 Å². The van der Waals surface area contributed by atoms with Gasteiger partial charge >= 0.3 is 0 Å². The number of ether oxygens (including phenoxy) is 1. The van der Waals surface area contributed by atoms with Gasteiger partial charge in [-0.1, -0.05) is 12.1 Å². The van der Waals surface area contributed by atoms with Crippen molar-refractivity contribution in [1.82, 2.24) is 10.6 Å². The number of nitrogens with one attached hydrogen (secondary N) is 2. The number of piperidine rings is 1. The summed E-state index contributed by atoms with van der Waals surface area (Å²) in [4.78, 5) is 12.0. The maximum absolute atomic E-state index is 12.0. The Morgan fingerprint density at radius 3 is 2.95 bits per heavy atom. The van der Waals surface area contributed by atoms with E-state index in [0.29, 0.717) is 0 Å². The maximum Gasteiger partial charge on any atom is 0.261 e. The first-order valence-electron chi connectivity index (χ1n) is 6.89. The van der Waals surface area contributed by atoms with Gasteiger partial charge in [-0.25, -0.2) is 0 Å². The molecule has 2 rings (SSSR count). The Morgan fingerprint density at radius 1 is 1.50 bits per heavy atom. The van der Waals surface area contributed by atoms with Crippen LogP contribution in [0.5, 0.6) is 5.75 Å². The Hall–Kier alpha value is -1.26. The zero-order chi connectivity index (χ0) is 13.7. The second kappa shape index (κ2) is 8.12. The van der Waals surface area contributed by atoms with Crippen molar-refractivity contribution in [3.05, 3.63) is 29.8 Å². The molecule has 2 atom stereocenters. The third-order valence-electron chi connectivity index (χ3n) is 3.31. The number of halogens is 1. The molecule has 1 aliphatic rings. The summed E-state index contributed by atoms with van der Waals surface area (Å²) in [5.41, 5.74) is 1.13. The number of carbonyl (C=O) groups is 1. The zero-order valence-electron chi connectivity index (χ0n) is 12.0. The molecule has 1 heterocycles. The smallest absolute Gasteiger partial charge is 0.261 e. The van der Waals surface area contributed by atoms with E-state index in [-0.39, 0.29) is 24.4 Å². The highest BCUT2D eigenvalue weighted by Crippen LogP contribution is 2.14. The Kier molecular flexibility index (Phi) is 6.82. The van der Waals surface area contributed by atoms with Gasteiger partial charge in [-0.2, -0.15) is 0 Å². The van der Waals surface area contributed by atoms with E-state index in [4.69, 9.17) is 4.74 Å². The minimum Gasteiger partial charge on any atom is -0.481 e. The van der Waals surface area contributed by atoms with Crippen LogP contribution in [0.4, 0.5) is 0 Å². The van der Waals surface area contributed by atoms with Gasteiger partial charge in [0.1, 0.15) is 5.75 Å². The number of carbonyl (C=O) groups excluding carboxylic acids is 1. The fourth-order valence-electron chi connectivity index (χ4n) is 2.24. The summed E-state index contributed by atoms with van der Waals surface area (Å²) < 4.78 is 5.67. The van der Waals surface area contributed by atoms with Crippen LogP contribution in [0.1, 0.15) is 25.3 Å². The second-order valence-corrected chi connectivity index (χ2v) is 5.13. The van der Waals surface area contributed by atoms with Gasteiger partial charge in [-0.05, 0) is 50.9 Å². The molecular weight excluding hydrogens is 276 g/mol. The summed E-state index contributed by atoms with van der Waals surface area (Å²) >= 11 is 0. The maximum atomic E-state index is 12.0. The number of benzene rings is 1. The van der Waals surface area contributed by atoms with Crippen molar-refractivity contribution in [2.75, 3.05) is 13.1 Å². The Balaban J connectivity index is 0.00000200. The Labute approximate surface area is 126 Å². The zero-order valence-corrected chi connectivity index (χ0v) is 12.8. The van der Waals surface area contributed by atoms with Gasteiger partial charge in [-0.15, -0.1) is 12.4 Å². The fourth-order valence-corrected chi connectivity index (χ4v) is 2.24. The van der Waals surface area contributed by atoms with Crippen LogP contribution in [0.15, 0.2) is 24.3 Å². The standard InChI is InChI=1S/C15H22N2O2.ClH/c1-11-5-3-7-14(9-11)19-12(2)15(18)17-13-6-4-8-16-10-13;/h3,5,7,9,12-13,16H,4,6,8,10H2,1-2H3,(H,17,18);1H/t12?,13-;/m0./s1. The third kappa shape index (κ3) is 5.02. The molecule has 1 aromatic carbocycles. The molecule has 1 unspecified atom stereocenters.